The number of thiocarbonyl (C=S) groups is 1. The van der Waals surface area contributed by atoms with Gasteiger partial charge in [0.1, 0.15) is 4.32 Å². The fourth-order valence-corrected chi connectivity index (χ4v) is 2.80. The molecule has 0 bridgehead atoms. The molecule has 0 radical (unpaired) electrons. The Labute approximate surface area is 110 Å². The molecule has 1 aliphatic heterocycles. The van der Waals surface area contributed by atoms with E-state index in [0.29, 0.717) is 15.8 Å². The molecule has 1 fully saturated rings. The van der Waals surface area contributed by atoms with E-state index in [4.69, 9.17) is 12.2 Å². The predicted octanol–water partition coefficient (Wildman–Crippen LogP) is 2.41. The number of carbonyl (C=O) groups excluding carboxylic acids is 1. The number of carbonyl (C=O) groups is 1. The van der Waals surface area contributed by atoms with Crippen LogP contribution < -0.4 is 0 Å². The molecule has 5 heteroatoms. The first-order valence-corrected chi connectivity index (χ1v) is 6.33. The lowest BCUT2D eigenvalue weighted by Gasteiger charge is -2.10. The van der Waals surface area contributed by atoms with Crippen LogP contribution in [0.1, 0.15) is 5.69 Å². The highest BCUT2D eigenvalue weighted by atomic mass is 32.2. The molecule has 1 amide bonds. The van der Waals surface area contributed by atoms with Gasteiger partial charge in [0.15, 0.2) is 0 Å². The molecule has 0 saturated carbocycles. The maximum atomic E-state index is 12.0. The van der Waals surface area contributed by atoms with Gasteiger partial charge < -0.3 is 4.57 Å². The number of hydrogen-bond donors (Lipinski definition) is 0. The van der Waals surface area contributed by atoms with E-state index >= 15 is 0 Å². The summed E-state index contributed by atoms with van der Waals surface area (Å²) in [6.45, 7) is 4.09. The molecule has 0 atom stereocenters. The van der Waals surface area contributed by atoms with E-state index in [-0.39, 0.29) is 5.91 Å². The van der Waals surface area contributed by atoms with Gasteiger partial charge in [-0.05, 0) is 18.2 Å². The lowest BCUT2D eigenvalue weighted by atomic mass is 10.3. The normalized spacial score (nSPS) is 18.2. The topological polar surface area (TPSA) is 25.2 Å². The fourth-order valence-electron chi connectivity index (χ4n) is 1.55. The van der Waals surface area contributed by atoms with Crippen molar-refractivity contribution in [1.29, 1.82) is 0 Å². The van der Waals surface area contributed by atoms with Crippen molar-refractivity contribution >= 4 is 40.3 Å². The summed E-state index contributed by atoms with van der Waals surface area (Å²) in [5.41, 5.74) is 0.990. The minimum Gasteiger partial charge on any atom is -0.351 e. The smallest absolute Gasteiger partial charge is 0.266 e. The monoisotopic (exact) mass is 264 g/mol. The molecular formula is C12H12N2OS2. The van der Waals surface area contributed by atoms with Crippen molar-refractivity contribution < 1.29 is 4.79 Å². The zero-order chi connectivity index (χ0) is 12.4. The second-order valence-corrected chi connectivity index (χ2v) is 5.30. The molecule has 0 aliphatic carbocycles. The lowest BCUT2D eigenvalue weighted by Crippen LogP contribution is -2.27. The van der Waals surface area contributed by atoms with E-state index in [0.717, 1.165) is 5.69 Å². The van der Waals surface area contributed by atoms with Gasteiger partial charge in [-0.15, -0.1) is 6.58 Å². The average Bonchev–Trinajstić information content (AvgIpc) is 2.79. The summed E-state index contributed by atoms with van der Waals surface area (Å²) in [7, 11) is 1.94. The third-order valence-electron chi connectivity index (χ3n) is 2.45. The largest absolute Gasteiger partial charge is 0.351 e. The van der Waals surface area contributed by atoms with Crippen LogP contribution in [0.25, 0.3) is 6.08 Å². The van der Waals surface area contributed by atoms with Crippen LogP contribution in [0.3, 0.4) is 0 Å². The second-order valence-electron chi connectivity index (χ2n) is 3.62. The quantitative estimate of drug-likeness (QED) is 0.476. The summed E-state index contributed by atoms with van der Waals surface area (Å²) < 4.78 is 2.55. The number of rotatable bonds is 3. The first kappa shape index (κ1) is 12.1. The molecule has 0 spiro atoms. The minimum absolute atomic E-state index is 0.0406. The molecular weight excluding hydrogens is 252 g/mol. The second kappa shape index (κ2) is 4.89. The van der Waals surface area contributed by atoms with Gasteiger partial charge in [0.05, 0.1) is 4.91 Å². The van der Waals surface area contributed by atoms with Crippen LogP contribution >= 0.6 is 24.0 Å². The summed E-state index contributed by atoms with van der Waals surface area (Å²) in [4.78, 5) is 14.3. The van der Waals surface area contributed by atoms with Crippen LogP contribution in [-0.4, -0.2) is 26.2 Å². The Hall–Kier alpha value is -1.33. The summed E-state index contributed by atoms with van der Waals surface area (Å²) in [6, 6.07) is 3.90. The maximum absolute atomic E-state index is 12.0. The van der Waals surface area contributed by atoms with Gasteiger partial charge in [-0.25, -0.2) is 0 Å². The van der Waals surface area contributed by atoms with Crippen molar-refractivity contribution in [2.75, 3.05) is 6.54 Å². The van der Waals surface area contributed by atoms with Gasteiger partial charge in [-0.1, -0.05) is 30.1 Å². The van der Waals surface area contributed by atoms with E-state index < -0.39 is 0 Å². The highest BCUT2D eigenvalue weighted by Crippen LogP contribution is 2.32. The zero-order valence-corrected chi connectivity index (χ0v) is 11.1. The Kier molecular flexibility index (Phi) is 3.49. The molecule has 0 N–H and O–H groups in total. The van der Waals surface area contributed by atoms with Gasteiger partial charge in [0.25, 0.3) is 5.91 Å². The SMILES string of the molecule is C=CCN1C(=O)/C(=C/c2cccn2C)SC1=S. The van der Waals surface area contributed by atoms with E-state index in [1.54, 1.807) is 11.0 Å². The molecule has 1 aliphatic rings. The number of thioether (sulfide) groups is 1. The van der Waals surface area contributed by atoms with Crippen molar-refractivity contribution in [1.82, 2.24) is 9.47 Å². The Bertz CT molecular complexity index is 516. The molecule has 0 unspecified atom stereocenters. The van der Waals surface area contributed by atoms with Gasteiger partial charge >= 0.3 is 0 Å². The number of amides is 1. The van der Waals surface area contributed by atoms with E-state index in [1.807, 2.05) is 36.0 Å². The molecule has 17 heavy (non-hydrogen) atoms. The van der Waals surface area contributed by atoms with Gasteiger partial charge in [-0.2, -0.15) is 0 Å². The summed E-state index contributed by atoms with van der Waals surface area (Å²) in [5, 5.41) is 0. The maximum Gasteiger partial charge on any atom is 0.266 e. The van der Waals surface area contributed by atoms with Crippen molar-refractivity contribution in [3.63, 3.8) is 0 Å². The van der Waals surface area contributed by atoms with Gasteiger partial charge in [0.2, 0.25) is 0 Å². The van der Waals surface area contributed by atoms with Crippen LogP contribution in [0.2, 0.25) is 0 Å². The summed E-state index contributed by atoms with van der Waals surface area (Å²) in [6.07, 6.45) is 5.48. The summed E-state index contributed by atoms with van der Waals surface area (Å²) in [5.74, 6) is -0.0406. The molecule has 1 aromatic heterocycles. The number of hydrogen-bond acceptors (Lipinski definition) is 3. The lowest BCUT2D eigenvalue weighted by molar-refractivity contribution is -0.121. The molecule has 2 heterocycles. The molecule has 1 saturated heterocycles. The Balaban J connectivity index is 2.28. The molecule has 3 nitrogen and oxygen atoms in total. The van der Waals surface area contributed by atoms with Crippen LogP contribution in [-0.2, 0) is 11.8 Å². The Morgan fingerprint density at radius 3 is 2.94 bits per heavy atom. The first-order valence-electron chi connectivity index (χ1n) is 5.11. The van der Waals surface area contributed by atoms with Crippen molar-refractivity contribution in [2.45, 2.75) is 0 Å². The highest BCUT2D eigenvalue weighted by Gasteiger charge is 2.31. The molecule has 0 aromatic carbocycles. The predicted molar refractivity (Wildman–Crippen MR) is 75.5 cm³/mol. The van der Waals surface area contributed by atoms with Crippen molar-refractivity contribution in [3.8, 4) is 0 Å². The molecule has 88 valence electrons. The van der Waals surface area contributed by atoms with Crippen LogP contribution in [0.5, 0.6) is 0 Å². The Morgan fingerprint density at radius 1 is 1.59 bits per heavy atom. The number of nitrogens with zero attached hydrogens (tertiary/aromatic N) is 2. The van der Waals surface area contributed by atoms with Gasteiger partial charge in [-0.3, -0.25) is 9.69 Å². The van der Waals surface area contributed by atoms with Crippen LogP contribution in [0.4, 0.5) is 0 Å². The Morgan fingerprint density at radius 2 is 2.35 bits per heavy atom. The standard InChI is InChI=1S/C12H12N2OS2/c1-3-6-14-11(15)10(17-12(14)16)8-9-5-4-7-13(9)2/h3-5,7-8H,1,6H2,2H3/b10-8-. The first-order chi connectivity index (χ1) is 8.13. The van der Waals surface area contributed by atoms with Crippen molar-refractivity contribution in [2.24, 2.45) is 7.05 Å². The van der Waals surface area contributed by atoms with E-state index in [1.165, 1.54) is 11.8 Å². The minimum atomic E-state index is -0.0406. The number of aryl methyl sites for hydroxylation is 1. The van der Waals surface area contributed by atoms with Crippen LogP contribution in [0, 0.1) is 0 Å². The van der Waals surface area contributed by atoms with Gasteiger partial charge in [0, 0.05) is 25.5 Å². The fraction of sp³-hybridized carbons (Fsp3) is 0.167. The third-order valence-corrected chi connectivity index (χ3v) is 3.83. The van der Waals surface area contributed by atoms with E-state index in [9.17, 15) is 4.79 Å². The summed E-state index contributed by atoms with van der Waals surface area (Å²) >= 11 is 6.50. The van der Waals surface area contributed by atoms with Crippen molar-refractivity contribution in [3.05, 3.63) is 41.6 Å². The van der Waals surface area contributed by atoms with Crippen LogP contribution in [0.15, 0.2) is 35.9 Å². The van der Waals surface area contributed by atoms with E-state index in [2.05, 4.69) is 6.58 Å². The third kappa shape index (κ3) is 2.35. The molecule has 2 rings (SSSR count). The highest BCUT2D eigenvalue weighted by molar-refractivity contribution is 8.26. The number of aromatic nitrogens is 1. The average molecular weight is 264 g/mol. The zero-order valence-electron chi connectivity index (χ0n) is 9.42. The molecule has 1 aromatic rings.